The summed E-state index contributed by atoms with van der Waals surface area (Å²) in [5.41, 5.74) is 0.594. The molecule has 2 aliphatic rings. The average Bonchev–Trinajstić information content (AvgIpc) is 2.81. The van der Waals surface area contributed by atoms with Crippen molar-refractivity contribution in [2.24, 2.45) is 0 Å². The average molecular weight is 431 g/mol. The van der Waals surface area contributed by atoms with Gasteiger partial charge in [-0.05, 0) is 24.6 Å². The fraction of sp³-hybridized carbons (Fsp3) is 0.467. The molecule has 1 saturated carbocycles. The van der Waals surface area contributed by atoms with E-state index in [4.69, 9.17) is 58.0 Å². The van der Waals surface area contributed by atoms with Crippen LogP contribution < -0.4 is 4.90 Å². The topological polar surface area (TPSA) is 40.6 Å². The summed E-state index contributed by atoms with van der Waals surface area (Å²) in [7, 11) is 1.53. The summed E-state index contributed by atoms with van der Waals surface area (Å²) in [6.07, 6.45) is 0.623. The van der Waals surface area contributed by atoms with E-state index >= 15 is 0 Å². The van der Waals surface area contributed by atoms with Gasteiger partial charge in [-0.2, -0.15) is 0 Å². The molecule has 1 aromatic carbocycles. The smallest absolute Gasteiger partial charge is 0.249 e. The van der Waals surface area contributed by atoms with E-state index < -0.39 is 21.2 Å². The summed E-state index contributed by atoms with van der Waals surface area (Å²) in [4.78, 5) is 26.8. The van der Waals surface area contributed by atoms with Crippen LogP contribution >= 0.6 is 58.0 Å². The van der Waals surface area contributed by atoms with Crippen LogP contribution in [0, 0.1) is 0 Å². The number of likely N-dealkylation sites (N-methyl/N-ethyl adjacent to an activating group) is 1. The monoisotopic (exact) mass is 428 g/mol. The van der Waals surface area contributed by atoms with Crippen LogP contribution in [0.15, 0.2) is 18.2 Å². The van der Waals surface area contributed by atoms with Gasteiger partial charge in [-0.1, -0.05) is 46.4 Å². The quantitative estimate of drug-likeness (QED) is 0.677. The zero-order valence-corrected chi connectivity index (χ0v) is 16.3. The summed E-state index contributed by atoms with van der Waals surface area (Å²) < 4.78 is -1.29. The van der Waals surface area contributed by atoms with Crippen molar-refractivity contribution >= 4 is 75.5 Å². The lowest BCUT2D eigenvalue weighted by atomic mass is 10.2. The van der Waals surface area contributed by atoms with Crippen LogP contribution in [0.2, 0.25) is 10.0 Å². The third-order valence-corrected chi connectivity index (χ3v) is 6.54. The van der Waals surface area contributed by atoms with Gasteiger partial charge in [0.2, 0.25) is 11.8 Å². The van der Waals surface area contributed by atoms with Gasteiger partial charge < -0.3 is 9.80 Å². The number of amides is 2. The molecular weight excluding hydrogens is 417 g/mol. The third-order valence-electron chi connectivity index (χ3n) is 4.38. The van der Waals surface area contributed by atoms with Crippen molar-refractivity contribution in [2.75, 3.05) is 18.5 Å². The summed E-state index contributed by atoms with van der Waals surface area (Å²) in [6.45, 7) is 0.444. The predicted octanol–water partition coefficient (Wildman–Crippen LogP) is 4.11. The van der Waals surface area contributed by atoms with Crippen LogP contribution in [0.1, 0.15) is 12.8 Å². The highest BCUT2D eigenvalue weighted by Gasteiger charge is 2.72. The fourth-order valence-corrected chi connectivity index (χ4v) is 4.44. The number of halogens is 5. The maximum absolute atomic E-state index is 12.7. The first-order chi connectivity index (χ1) is 11.1. The molecule has 3 rings (SSSR count). The van der Waals surface area contributed by atoms with E-state index in [2.05, 4.69) is 0 Å². The summed E-state index contributed by atoms with van der Waals surface area (Å²) in [6, 6.07) is 4.27. The first kappa shape index (κ1) is 18.4. The summed E-state index contributed by atoms with van der Waals surface area (Å²) >= 11 is 30.1. The molecule has 4 nitrogen and oxygen atoms in total. The second-order valence-corrected chi connectivity index (χ2v) is 9.02. The first-order valence-corrected chi connectivity index (χ1v) is 9.07. The van der Waals surface area contributed by atoms with Crippen LogP contribution in [-0.4, -0.2) is 45.6 Å². The summed E-state index contributed by atoms with van der Waals surface area (Å²) in [5, 5.41) is 0.870. The second-order valence-electron chi connectivity index (χ2n) is 6.02. The van der Waals surface area contributed by atoms with Crippen LogP contribution in [0.25, 0.3) is 0 Å². The number of nitrogens with zero attached hydrogens (tertiary/aromatic N) is 2. The largest absolute Gasteiger partial charge is 0.332 e. The highest BCUT2D eigenvalue weighted by molar-refractivity contribution is 6.62. The molecule has 24 heavy (non-hydrogen) atoms. The molecule has 0 bridgehead atoms. The Morgan fingerprint density at radius 2 is 1.75 bits per heavy atom. The van der Waals surface area contributed by atoms with Gasteiger partial charge in [-0.25, -0.2) is 0 Å². The molecule has 1 saturated heterocycles. The van der Waals surface area contributed by atoms with Crippen molar-refractivity contribution in [3.63, 3.8) is 0 Å². The lowest BCUT2D eigenvalue weighted by Crippen LogP contribution is -2.47. The molecular formula is C15H13Cl5N2O2. The first-order valence-electron chi connectivity index (χ1n) is 7.18. The number of rotatable bonds is 3. The number of hydrogen-bond donors (Lipinski definition) is 0. The zero-order valence-electron chi connectivity index (χ0n) is 12.5. The van der Waals surface area contributed by atoms with Gasteiger partial charge in [0.05, 0.1) is 0 Å². The van der Waals surface area contributed by atoms with Gasteiger partial charge in [0, 0.05) is 35.7 Å². The Kier molecular flexibility index (Phi) is 4.68. The van der Waals surface area contributed by atoms with E-state index in [-0.39, 0.29) is 12.3 Å². The van der Waals surface area contributed by atoms with Gasteiger partial charge in [0.15, 0.2) is 4.87 Å². The maximum Gasteiger partial charge on any atom is 0.249 e. The number of alkyl halides is 3. The minimum atomic E-state index is -1.36. The molecule has 0 N–H and O–H groups in total. The van der Waals surface area contributed by atoms with E-state index in [9.17, 15) is 9.59 Å². The standard InChI is InChI=1S/C15H13Cl5N2O2/c1-21(13(24)14(18)7-15(14,19)20)11-2-3-22(12(11)23)10-5-8(16)4-9(17)6-10/h4-6,11H,2-3,7H2,1H3. The molecule has 9 heteroatoms. The van der Waals surface area contributed by atoms with Crippen molar-refractivity contribution in [2.45, 2.75) is 28.1 Å². The Morgan fingerprint density at radius 3 is 2.25 bits per heavy atom. The number of benzene rings is 1. The lowest BCUT2D eigenvalue weighted by molar-refractivity contribution is -0.137. The Bertz CT molecular complexity index is 706. The molecule has 0 radical (unpaired) electrons. The normalized spacial score (nSPS) is 28.2. The number of carbonyl (C=O) groups excluding carboxylic acids is 2. The molecule has 0 aromatic heterocycles. The van der Waals surface area contributed by atoms with Crippen LogP contribution in [-0.2, 0) is 9.59 Å². The van der Waals surface area contributed by atoms with E-state index in [0.717, 1.165) is 0 Å². The van der Waals surface area contributed by atoms with E-state index in [1.54, 1.807) is 23.1 Å². The van der Waals surface area contributed by atoms with E-state index in [1.165, 1.54) is 11.9 Å². The molecule has 2 amide bonds. The molecule has 2 atom stereocenters. The predicted molar refractivity (Wildman–Crippen MR) is 97.6 cm³/mol. The van der Waals surface area contributed by atoms with Crippen molar-refractivity contribution in [1.82, 2.24) is 4.90 Å². The molecule has 1 aliphatic heterocycles. The van der Waals surface area contributed by atoms with Crippen molar-refractivity contribution in [3.8, 4) is 0 Å². The fourth-order valence-electron chi connectivity index (χ4n) is 2.89. The van der Waals surface area contributed by atoms with Crippen LogP contribution in [0.5, 0.6) is 0 Å². The molecule has 0 spiro atoms. The minimum Gasteiger partial charge on any atom is -0.332 e. The van der Waals surface area contributed by atoms with Crippen molar-refractivity contribution < 1.29 is 9.59 Å². The Morgan fingerprint density at radius 1 is 1.21 bits per heavy atom. The minimum absolute atomic E-state index is 0.155. The maximum atomic E-state index is 12.7. The third kappa shape index (κ3) is 2.97. The molecule has 1 aromatic rings. The second kappa shape index (κ2) is 6.10. The molecule has 130 valence electrons. The number of hydrogen-bond acceptors (Lipinski definition) is 2. The lowest BCUT2D eigenvalue weighted by Gasteiger charge is -2.26. The van der Waals surface area contributed by atoms with Crippen LogP contribution in [0.3, 0.4) is 0 Å². The Balaban J connectivity index is 1.78. The van der Waals surface area contributed by atoms with Crippen molar-refractivity contribution in [3.05, 3.63) is 28.2 Å². The van der Waals surface area contributed by atoms with Gasteiger partial charge in [-0.3, -0.25) is 9.59 Å². The molecule has 2 fully saturated rings. The van der Waals surface area contributed by atoms with Gasteiger partial charge in [0.25, 0.3) is 0 Å². The summed E-state index contributed by atoms with van der Waals surface area (Å²) in [5.74, 6) is -0.668. The van der Waals surface area contributed by atoms with E-state index in [1.807, 2.05) is 0 Å². The number of anilines is 1. The van der Waals surface area contributed by atoms with Gasteiger partial charge in [0.1, 0.15) is 10.4 Å². The molecule has 1 heterocycles. The highest BCUT2D eigenvalue weighted by atomic mass is 35.5. The molecule has 2 unspecified atom stereocenters. The SMILES string of the molecule is CN(C(=O)C1(Cl)CC1(Cl)Cl)C1CCN(c2cc(Cl)cc(Cl)c2)C1=O. The number of carbonyl (C=O) groups is 2. The van der Waals surface area contributed by atoms with Gasteiger partial charge in [-0.15, -0.1) is 11.6 Å². The van der Waals surface area contributed by atoms with E-state index in [0.29, 0.717) is 28.7 Å². The van der Waals surface area contributed by atoms with Crippen molar-refractivity contribution in [1.29, 1.82) is 0 Å². The highest BCUT2D eigenvalue weighted by Crippen LogP contribution is 2.62. The zero-order chi connectivity index (χ0) is 17.9. The Labute approximate surface area is 164 Å². The Hall–Kier alpha value is -0.390. The van der Waals surface area contributed by atoms with Gasteiger partial charge >= 0.3 is 0 Å². The van der Waals surface area contributed by atoms with Crippen LogP contribution in [0.4, 0.5) is 5.69 Å². The molecule has 1 aliphatic carbocycles.